The largest absolute Gasteiger partial charge is 0.385 e. The second-order valence-corrected chi connectivity index (χ2v) is 9.12. The molecule has 7 heteroatoms. The lowest BCUT2D eigenvalue weighted by Crippen LogP contribution is -2.34. The summed E-state index contributed by atoms with van der Waals surface area (Å²) in [5.74, 6) is 0.265. The van der Waals surface area contributed by atoms with Crippen LogP contribution in [0.5, 0.6) is 0 Å². The van der Waals surface area contributed by atoms with Crippen LogP contribution in [0.4, 0.5) is 11.4 Å². The molecule has 2 aliphatic rings. The van der Waals surface area contributed by atoms with Crippen LogP contribution in [0.25, 0.3) is 5.57 Å². The molecule has 0 atom stereocenters. The molecule has 31 heavy (non-hydrogen) atoms. The summed E-state index contributed by atoms with van der Waals surface area (Å²) in [4.78, 5) is 30.7. The first-order chi connectivity index (χ1) is 15.1. The number of amides is 2. The van der Waals surface area contributed by atoms with Crippen molar-refractivity contribution < 1.29 is 14.3 Å². The first-order valence-electron chi connectivity index (χ1n) is 10.8. The third-order valence-corrected chi connectivity index (χ3v) is 6.84. The third-order valence-electron chi connectivity index (χ3n) is 5.95. The molecular formula is C24H29N3O3S. The van der Waals surface area contributed by atoms with Crippen molar-refractivity contribution in [1.29, 1.82) is 0 Å². The highest BCUT2D eigenvalue weighted by Gasteiger charge is 2.39. The van der Waals surface area contributed by atoms with E-state index in [4.69, 9.17) is 4.74 Å². The average Bonchev–Trinajstić information content (AvgIpc) is 3.38. The molecule has 4 rings (SSSR count). The molecule has 0 spiro atoms. The van der Waals surface area contributed by atoms with Gasteiger partial charge >= 0.3 is 0 Å². The zero-order valence-electron chi connectivity index (χ0n) is 18.1. The summed E-state index contributed by atoms with van der Waals surface area (Å²) >= 11 is 1.46. The second kappa shape index (κ2) is 9.66. The molecule has 0 radical (unpaired) electrons. The number of nitrogens with zero attached hydrogens (tertiary/aromatic N) is 2. The van der Waals surface area contributed by atoms with E-state index in [9.17, 15) is 9.59 Å². The summed E-state index contributed by atoms with van der Waals surface area (Å²) in [6, 6.07) is 11.9. The molecular weight excluding hydrogens is 410 g/mol. The molecule has 2 amide bonds. The summed E-state index contributed by atoms with van der Waals surface area (Å²) in [5, 5.41) is 5.16. The predicted molar refractivity (Wildman–Crippen MR) is 125 cm³/mol. The second-order valence-electron chi connectivity index (χ2n) is 8.18. The summed E-state index contributed by atoms with van der Waals surface area (Å²) in [5.41, 5.74) is 2.80. The van der Waals surface area contributed by atoms with E-state index < -0.39 is 0 Å². The van der Waals surface area contributed by atoms with Gasteiger partial charge in [0.1, 0.15) is 5.70 Å². The summed E-state index contributed by atoms with van der Waals surface area (Å²) < 4.78 is 5.08. The summed E-state index contributed by atoms with van der Waals surface area (Å²) in [7, 11) is 1.62. The summed E-state index contributed by atoms with van der Waals surface area (Å²) in [6.07, 6.45) is 3.04. The number of carbonyl (C=O) groups excluding carboxylic acids is 2. The molecule has 1 aromatic heterocycles. The number of thiophene rings is 1. The zero-order valence-corrected chi connectivity index (χ0v) is 18.9. The molecule has 2 aliphatic heterocycles. The monoisotopic (exact) mass is 439 g/mol. The number of imide groups is 1. The van der Waals surface area contributed by atoms with Crippen molar-refractivity contribution in [3.05, 3.63) is 52.4 Å². The quantitative estimate of drug-likeness (QED) is 0.493. The minimum Gasteiger partial charge on any atom is -0.385 e. The van der Waals surface area contributed by atoms with Crippen molar-refractivity contribution in [3.63, 3.8) is 0 Å². The van der Waals surface area contributed by atoms with E-state index in [1.54, 1.807) is 7.11 Å². The molecule has 0 bridgehead atoms. The number of carbonyl (C=O) groups is 2. The van der Waals surface area contributed by atoms with Crippen LogP contribution in [0.1, 0.15) is 31.1 Å². The standard InChI is InChI=1S/C24H29N3O3S/c1-17-10-13-26(14-11-17)19-8-6-18(7-9-19)25-22-21(20-5-3-16-31-20)23(28)27(24(22)29)12-4-15-30-2/h3,5-9,16-17,25H,4,10-15H2,1-2H3. The van der Waals surface area contributed by atoms with E-state index in [-0.39, 0.29) is 11.8 Å². The van der Waals surface area contributed by atoms with E-state index in [0.29, 0.717) is 30.8 Å². The van der Waals surface area contributed by atoms with Crippen molar-refractivity contribution >= 4 is 40.1 Å². The van der Waals surface area contributed by atoms with E-state index in [0.717, 1.165) is 29.6 Å². The van der Waals surface area contributed by atoms with Gasteiger partial charge in [0.15, 0.2) is 0 Å². The van der Waals surface area contributed by atoms with Crippen molar-refractivity contribution in [1.82, 2.24) is 4.90 Å². The third kappa shape index (κ3) is 4.67. The highest BCUT2D eigenvalue weighted by Crippen LogP contribution is 2.33. The van der Waals surface area contributed by atoms with Gasteiger partial charge in [-0.25, -0.2) is 0 Å². The Balaban J connectivity index is 1.54. The smallest absolute Gasteiger partial charge is 0.278 e. The predicted octanol–water partition coefficient (Wildman–Crippen LogP) is 4.21. The minimum atomic E-state index is -0.279. The first-order valence-corrected chi connectivity index (χ1v) is 11.7. The molecule has 1 fully saturated rings. The molecule has 1 N–H and O–H groups in total. The lowest BCUT2D eigenvalue weighted by atomic mass is 9.99. The molecule has 0 saturated carbocycles. The van der Waals surface area contributed by atoms with E-state index in [1.807, 2.05) is 29.6 Å². The highest BCUT2D eigenvalue weighted by atomic mass is 32.1. The Kier molecular flexibility index (Phi) is 6.73. The Labute approximate surface area is 187 Å². The van der Waals surface area contributed by atoms with Gasteiger partial charge in [0.2, 0.25) is 0 Å². The van der Waals surface area contributed by atoms with Crippen LogP contribution in [0.3, 0.4) is 0 Å². The maximum atomic E-state index is 13.1. The number of hydrogen-bond acceptors (Lipinski definition) is 6. The molecule has 1 aromatic carbocycles. The highest BCUT2D eigenvalue weighted by molar-refractivity contribution is 7.11. The molecule has 1 saturated heterocycles. The van der Waals surface area contributed by atoms with Crippen molar-refractivity contribution in [2.24, 2.45) is 5.92 Å². The fourth-order valence-electron chi connectivity index (χ4n) is 4.08. The maximum absolute atomic E-state index is 13.1. The van der Waals surface area contributed by atoms with Crippen LogP contribution in [0, 0.1) is 5.92 Å². The Morgan fingerprint density at radius 1 is 1.10 bits per heavy atom. The molecule has 0 aliphatic carbocycles. The van der Waals surface area contributed by atoms with Crippen LogP contribution in [0.15, 0.2) is 47.5 Å². The molecule has 2 aromatic rings. The number of piperidine rings is 1. The fraction of sp³-hybridized carbons (Fsp3) is 0.417. The number of benzene rings is 1. The Hall–Kier alpha value is -2.64. The summed E-state index contributed by atoms with van der Waals surface area (Å²) in [6.45, 7) is 5.31. The van der Waals surface area contributed by atoms with Gasteiger partial charge in [-0.15, -0.1) is 11.3 Å². The van der Waals surface area contributed by atoms with Gasteiger partial charge in [0, 0.05) is 49.6 Å². The lowest BCUT2D eigenvalue weighted by molar-refractivity contribution is -0.136. The SMILES string of the molecule is COCCCN1C(=O)C(Nc2ccc(N3CCC(C)CC3)cc2)=C(c2cccs2)C1=O. The van der Waals surface area contributed by atoms with Gasteiger partial charge in [0.05, 0.1) is 5.57 Å². The number of ether oxygens (including phenoxy) is 1. The van der Waals surface area contributed by atoms with Crippen LogP contribution in [0.2, 0.25) is 0 Å². The average molecular weight is 440 g/mol. The van der Waals surface area contributed by atoms with Crippen LogP contribution in [-0.2, 0) is 14.3 Å². The fourth-order valence-corrected chi connectivity index (χ4v) is 4.85. The van der Waals surface area contributed by atoms with E-state index in [1.165, 1.54) is 34.8 Å². The molecule has 3 heterocycles. The molecule has 164 valence electrons. The van der Waals surface area contributed by atoms with Gasteiger partial charge < -0.3 is 15.0 Å². The Morgan fingerprint density at radius 3 is 2.48 bits per heavy atom. The lowest BCUT2D eigenvalue weighted by Gasteiger charge is -2.32. The number of nitrogens with one attached hydrogen (secondary N) is 1. The number of anilines is 2. The normalized spacial score (nSPS) is 17.7. The number of methoxy groups -OCH3 is 1. The van der Waals surface area contributed by atoms with Gasteiger partial charge in [0.25, 0.3) is 11.8 Å². The zero-order chi connectivity index (χ0) is 21.8. The van der Waals surface area contributed by atoms with Crippen molar-refractivity contribution in [2.45, 2.75) is 26.2 Å². The topological polar surface area (TPSA) is 61.9 Å². The molecule has 0 unspecified atom stereocenters. The van der Waals surface area contributed by atoms with E-state index >= 15 is 0 Å². The van der Waals surface area contributed by atoms with Crippen LogP contribution < -0.4 is 10.2 Å². The van der Waals surface area contributed by atoms with Crippen LogP contribution in [-0.4, -0.2) is 50.1 Å². The Bertz CT molecular complexity index is 945. The minimum absolute atomic E-state index is 0.245. The van der Waals surface area contributed by atoms with E-state index in [2.05, 4.69) is 29.3 Å². The van der Waals surface area contributed by atoms with Crippen molar-refractivity contribution in [2.75, 3.05) is 43.6 Å². The van der Waals surface area contributed by atoms with Gasteiger partial charge in [-0.05, 0) is 60.9 Å². The van der Waals surface area contributed by atoms with Gasteiger partial charge in [-0.3, -0.25) is 14.5 Å². The van der Waals surface area contributed by atoms with Crippen molar-refractivity contribution in [3.8, 4) is 0 Å². The number of rotatable bonds is 8. The first kappa shape index (κ1) is 21.6. The Morgan fingerprint density at radius 2 is 1.84 bits per heavy atom. The van der Waals surface area contributed by atoms with Gasteiger partial charge in [-0.2, -0.15) is 0 Å². The van der Waals surface area contributed by atoms with Gasteiger partial charge in [-0.1, -0.05) is 13.0 Å². The van der Waals surface area contributed by atoms with Crippen LogP contribution >= 0.6 is 11.3 Å². The maximum Gasteiger partial charge on any atom is 0.278 e. The number of hydrogen-bond donors (Lipinski definition) is 1. The molecule has 6 nitrogen and oxygen atoms in total.